The molecule has 108 valence electrons. The maximum absolute atomic E-state index is 4.10. The second-order valence-electron chi connectivity index (χ2n) is 6.04. The number of aromatic nitrogens is 2. The second-order valence-corrected chi connectivity index (χ2v) is 6.04. The molecule has 0 aromatic carbocycles. The van der Waals surface area contributed by atoms with Crippen LogP contribution < -0.4 is 0 Å². The molecule has 0 aliphatic heterocycles. The lowest BCUT2D eigenvalue weighted by atomic mass is 9.80. The Bertz CT molecular complexity index is 445. The Balaban J connectivity index is 1.76. The summed E-state index contributed by atoms with van der Waals surface area (Å²) >= 11 is 0. The molecular weight excluding hydrogens is 244 g/mol. The van der Waals surface area contributed by atoms with E-state index < -0.39 is 0 Å². The first-order valence-electron chi connectivity index (χ1n) is 8.09. The summed E-state index contributed by atoms with van der Waals surface area (Å²) < 4.78 is 0. The lowest BCUT2D eigenvalue weighted by Crippen LogP contribution is -2.13. The maximum atomic E-state index is 4.10. The Morgan fingerprint density at radius 1 is 1.10 bits per heavy atom. The van der Waals surface area contributed by atoms with E-state index in [-0.39, 0.29) is 0 Å². The van der Waals surface area contributed by atoms with Gasteiger partial charge in [-0.05, 0) is 56.6 Å². The van der Waals surface area contributed by atoms with Gasteiger partial charge >= 0.3 is 0 Å². The molecule has 0 spiro atoms. The van der Waals surface area contributed by atoms with E-state index in [2.05, 4.69) is 29.0 Å². The third-order valence-corrected chi connectivity index (χ3v) is 4.26. The molecule has 0 atom stereocenters. The Labute approximate surface area is 123 Å². The van der Waals surface area contributed by atoms with Crippen molar-refractivity contribution in [3.63, 3.8) is 0 Å². The van der Waals surface area contributed by atoms with Gasteiger partial charge in [0, 0.05) is 5.92 Å². The van der Waals surface area contributed by atoms with Gasteiger partial charge in [-0.25, -0.2) is 0 Å². The van der Waals surface area contributed by atoms with E-state index in [1.165, 1.54) is 51.4 Å². The highest BCUT2D eigenvalue weighted by atomic mass is 15.1. The number of hydrogen-bond donors (Lipinski definition) is 0. The fraction of sp³-hybridized carbons (Fsp3) is 0.667. The molecule has 2 heteroatoms. The monoisotopic (exact) mass is 270 g/mol. The fourth-order valence-corrected chi connectivity index (χ4v) is 2.92. The molecule has 1 aliphatic carbocycles. The third kappa shape index (κ3) is 4.96. The van der Waals surface area contributed by atoms with E-state index in [9.17, 15) is 0 Å². The number of unbranched alkanes of at least 4 members (excludes halogenated alkanes) is 2. The van der Waals surface area contributed by atoms with E-state index in [0.29, 0.717) is 5.92 Å². The molecule has 1 fully saturated rings. The zero-order valence-electron chi connectivity index (χ0n) is 12.9. The van der Waals surface area contributed by atoms with Gasteiger partial charge in [-0.1, -0.05) is 38.5 Å². The normalized spacial score (nSPS) is 22.1. The van der Waals surface area contributed by atoms with Crippen LogP contribution in [0.25, 0.3) is 0 Å². The van der Waals surface area contributed by atoms with E-state index in [1.807, 2.05) is 19.1 Å². The minimum Gasteiger partial charge on any atom is -0.155 e. The van der Waals surface area contributed by atoms with Gasteiger partial charge in [-0.2, -0.15) is 5.10 Å². The summed E-state index contributed by atoms with van der Waals surface area (Å²) in [7, 11) is 0. The summed E-state index contributed by atoms with van der Waals surface area (Å²) in [5.41, 5.74) is 1.75. The minimum atomic E-state index is 0.570. The Morgan fingerprint density at radius 3 is 2.55 bits per heavy atom. The van der Waals surface area contributed by atoms with Gasteiger partial charge in [0.2, 0.25) is 0 Å². The lowest BCUT2D eigenvalue weighted by Gasteiger charge is -2.25. The van der Waals surface area contributed by atoms with Crippen molar-refractivity contribution in [2.45, 2.75) is 65.2 Å². The molecule has 1 aromatic heterocycles. The summed E-state index contributed by atoms with van der Waals surface area (Å²) in [5.74, 6) is 8.10. The van der Waals surface area contributed by atoms with E-state index >= 15 is 0 Å². The molecule has 0 unspecified atom stereocenters. The molecular formula is C18H26N2. The first-order chi connectivity index (χ1) is 9.78. The van der Waals surface area contributed by atoms with Crippen molar-refractivity contribution >= 4 is 0 Å². The smallest absolute Gasteiger partial charge is 0.135 e. The first-order valence-corrected chi connectivity index (χ1v) is 8.09. The Hall–Kier alpha value is -1.36. The summed E-state index contributed by atoms with van der Waals surface area (Å²) in [6, 6.07) is 3.94. The van der Waals surface area contributed by atoms with E-state index in [1.54, 1.807) is 0 Å². The molecule has 2 nitrogen and oxygen atoms in total. The molecule has 0 bridgehead atoms. The second kappa shape index (κ2) is 8.04. The zero-order valence-corrected chi connectivity index (χ0v) is 12.9. The topological polar surface area (TPSA) is 25.8 Å². The van der Waals surface area contributed by atoms with E-state index in [4.69, 9.17) is 0 Å². The predicted molar refractivity (Wildman–Crippen MR) is 83.2 cm³/mol. The molecule has 1 heterocycles. The SMILES string of the molecule is CCCCCC1CCC(C#Cc2ccc(C)nn2)CC1. The van der Waals surface area contributed by atoms with Crippen molar-refractivity contribution in [3.8, 4) is 11.8 Å². The van der Waals surface area contributed by atoms with Gasteiger partial charge in [0.25, 0.3) is 0 Å². The predicted octanol–water partition coefficient (Wildman–Crippen LogP) is 4.52. The van der Waals surface area contributed by atoms with Gasteiger partial charge in [-0.15, -0.1) is 5.10 Å². The molecule has 0 radical (unpaired) electrons. The van der Waals surface area contributed by atoms with Crippen molar-refractivity contribution in [3.05, 3.63) is 23.5 Å². The lowest BCUT2D eigenvalue weighted by molar-refractivity contribution is 0.294. The quantitative estimate of drug-likeness (QED) is 0.593. The molecule has 0 amide bonds. The maximum Gasteiger partial charge on any atom is 0.135 e. The molecule has 0 N–H and O–H groups in total. The number of rotatable bonds is 4. The third-order valence-electron chi connectivity index (χ3n) is 4.26. The van der Waals surface area contributed by atoms with Gasteiger partial charge in [0.15, 0.2) is 0 Å². The van der Waals surface area contributed by atoms with Crippen LogP contribution in [0.5, 0.6) is 0 Å². The fourth-order valence-electron chi connectivity index (χ4n) is 2.92. The summed E-state index contributed by atoms with van der Waals surface area (Å²) in [6.07, 6.45) is 10.8. The van der Waals surface area contributed by atoms with Crippen molar-refractivity contribution < 1.29 is 0 Å². The van der Waals surface area contributed by atoms with Crippen LogP contribution >= 0.6 is 0 Å². The minimum absolute atomic E-state index is 0.570. The highest BCUT2D eigenvalue weighted by Crippen LogP contribution is 2.31. The van der Waals surface area contributed by atoms with Crippen LogP contribution in [0.2, 0.25) is 0 Å². The molecule has 1 saturated carbocycles. The van der Waals surface area contributed by atoms with Gasteiger partial charge in [-0.3, -0.25) is 0 Å². The molecule has 1 aromatic rings. The van der Waals surface area contributed by atoms with Crippen LogP contribution in [0.4, 0.5) is 0 Å². The van der Waals surface area contributed by atoms with Gasteiger partial charge in [0.05, 0.1) is 5.69 Å². The highest BCUT2D eigenvalue weighted by Gasteiger charge is 2.19. The zero-order chi connectivity index (χ0) is 14.2. The first kappa shape index (κ1) is 15.0. The van der Waals surface area contributed by atoms with Crippen LogP contribution in [0.3, 0.4) is 0 Å². The van der Waals surface area contributed by atoms with Crippen LogP contribution in [0.1, 0.15) is 69.7 Å². The summed E-state index contributed by atoms with van der Waals surface area (Å²) in [5, 5.41) is 8.15. The average Bonchev–Trinajstić information content (AvgIpc) is 2.48. The van der Waals surface area contributed by atoms with Gasteiger partial charge < -0.3 is 0 Å². The Kier molecular flexibility index (Phi) is 6.05. The van der Waals surface area contributed by atoms with Crippen LogP contribution in [0, 0.1) is 30.6 Å². The van der Waals surface area contributed by atoms with Gasteiger partial charge in [0.1, 0.15) is 5.69 Å². The number of nitrogens with zero attached hydrogens (tertiary/aromatic N) is 2. The van der Waals surface area contributed by atoms with Crippen molar-refractivity contribution in [1.82, 2.24) is 10.2 Å². The van der Waals surface area contributed by atoms with Crippen LogP contribution in [0.15, 0.2) is 12.1 Å². The van der Waals surface area contributed by atoms with Crippen LogP contribution in [-0.4, -0.2) is 10.2 Å². The highest BCUT2D eigenvalue weighted by molar-refractivity contribution is 5.27. The summed E-state index contributed by atoms with van der Waals surface area (Å²) in [6.45, 7) is 4.23. The molecule has 2 rings (SSSR count). The van der Waals surface area contributed by atoms with E-state index in [0.717, 1.165) is 17.3 Å². The largest absolute Gasteiger partial charge is 0.155 e. The number of aryl methyl sites for hydroxylation is 1. The van der Waals surface area contributed by atoms with Crippen molar-refractivity contribution in [2.24, 2.45) is 11.8 Å². The number of hydrogen-bond acceptors (Lipinski definition) is 2. The molecule has 1 aliphatic rings. The van der Waals surface area contributed by atoms with Crippen molar-refractivity contribution in [1.29, 1.82) is 0 Å². The molecule has 20 heavy (non-hydrogen) atoms. The van der Waals surface area contributed by atoms with Crippen molar-refractivity contribution in [2.75, 3.05) is 0 Å². The average molecular weight is 270 g/mol. The molecule has 0 saturated heterocycles. The summed E-state index contributed by atoms with van der Waals surface area (Å²) in [4.78, 5) is 0. The Morgan fingerprint density at radius 2 is 1.90 bits per heavy atom. The van der Waals surface area contributed by atoms with Crippen LogP contribution in [-0.2, 0) is 0 Å². The standard InChI is InChI=1S/C18H26N2/c1-3-4-5-6-16-8-10-17(11-9-16)12-14-18-13-7-15(2)19-20-18/h7,13,16-17H,3-6,8-11H2,1-2H3.